The van der Waals surface area contributed by atoms with Crippen LogP contribution in [0.15, 0.2) is 46.0 Å². The van der Waals surface area contributed by atoms with E-state index >= 15 is 0 Å². The predicted molar refractivity (Wildman–Crippen MR) is 91.4 cm³/mol. The zero-order valence-corrected chi connectivity index (χ0v) is 14.5. The summed E-state index contributed by atoms with van der Waals surface area (Å²) in [6.45, 7) is 0.485. The SMILES string of the molecule is NC(=O)c1cccc(S(=O)(=O)N2C[C@@H](CO)[C@@H](c3ccsc3)C2)c1. The van der Waals surface area contributed by atoms with Crippen LogP contribution in [0.4, 0.5) is 0 Å². The number of hydrogen-bond acceptors (Lipinski definition) is 5. The third kappa shape index (κ3) is 3.10. The average Bonchev–Trinajstić information content (AvgIpc) is 3.23. The van der Waals surface area contributed by atoms with Crippen LogP contribution in [0, 0.1) is 5.92 Å². The van der Waals surface area contributed by atoms with Gasteiger partial charge in [0.2, 0.25) is 15.9 Å². The number of carbonyl (C=O) groups is 1. The normalized spacial score (nSPS) is 21.9. The van der Waals surface area contributed by atoms with Gasteiger partial charge >= 0.3 is 0 Å². The Morgan fingerprint density at radius 1 is 1.33 bits per heavy atom. The van der Waals surface area contributed by atoms with E-state index < -0.39 is 15.9 Å². The molecule has 2 atom stereocenters. The highest BCUT2D eigenvalue weighted by atomic mass is 32.2. The van der Waals surface area contributed by atoms with Crippen LogP contribution in [0.3, 0.4) is 0 Å². The second kappa shape index (κ2) is 6.64. The molecule has 0 aliphatic carbocycles. The first-order valence-electron chi connectivity index (χ1n) is 7.46. The Labute approximate surface area is 144 Å². The van der Waals surface area contributed by atoms with Gasteiger partial charge in [-0.1, -0.05) is 6.07 Å². The number of aliphatic hydroxyl groups is 1. The molecule has 1 aliphatic heterocycles. The minimum Gasteiger partial charge on any atom is -0.396 e. The molecule has 1 aromatic heterocycles. The topological polar surface area (TPSA) is 101 Å². The van der Waals surface area contributed by atoms with Crippen molar-refractivity contribution in [3.63, 3.8) is 0 Å². The molecule has 1 amide bonds. The lowest BCUT2D eigenvalue weighted by Gasteiger charge is -2.16. The van der Waals surface area contributed by atoms with E-state index in [4.69, 9.17) is 5.73 Å². The Morgan fingerprint density at radius 2 is 2.12 bits per heavy atom. The smallest absolute Gasteiger partial charge is 0.248 e. The van der Waals surface area contributed by atoms with Gasteiger partial charge in [0.05, 0.1) is 4.90 Å². The summed E-state index contributed by atoms with van der Waals surface area (Å²) in [5.74, 6) is -0.845. The molecule has 0 radical (unpaired) electrons. The molecular weight excluding hydrogens is 348 g/mol. The summed E-state index contributed by atoms with van der Waals surface area (Å²) in [6.07, 6.45) is 0. The summed E-state index contributed by atoms with van der Waals surface area (Å²) in [7, 11) is -3.74. The lowest BCUT2D eigenvalue weighted by molar-refractivity contribution is 0.1000. The van der Waals surface area contributed by atoms with E-state index in [0.29, 0.717) is 6.54 Å². The summed E-state index contributed by atoms with van der Waals surface area (Å²) < 4.78 is 27.1. The molecule has 3 N–H and O–H groups in total. The van der Waals surface area contributed by atoms with Gasteiger partial charge in [-0.05, 0) is 40.6 Å². The third-order valence-corrected chi connectivity index (χ3v) is 6.90. The molecule has 3 rings (SSSR count). The van der Waals surface area contributed by atoms with E-state index in [0.717, 1.165) is 5.56 Å². The quantitative estimate of drug-likeness (QED) is 0.831. The number of carbonyl (C=O) groups excluding carboxylic acids is 1. The van der Waals surface area contributed by atoms with Crippen molar-refractivity contribution in [2.45, 2.75) is 10.8 Å². The lowest BCUT2D eigenvalue weighted by Crippen LogP contribution is -2.29. The molecule has 0 unspecified atom stereocenters. The van der Waals surface area contributed by atoms with Gasteiger partial charge in [-0.3, -0.25) is 4.79 Å². The number of nitrogens with zero attached hydrogens (tertiary/aromatic N) is 1. The Hall–Kier alpha value is -1.74. The van der Waals surface area contributed by atoms with Crippen molar-refractivity contribution >= 4 is 27.3 Å². The maximum absolute atomic E-state index is 12.9. The van der Waals surface area contributed by atoms with Crippen molar-refractivity contribution in [3.05, 3.63) is 52.2 Å². The van der Waals surface area contributed by atoms with Crippen LogP contribution in [0.2, 0.25) is 0 Å². The van der Waals surface area contributed by atoms with Crippen LogP contribution < -0.4 is 5.73 Å². The third-order valence-electron chi connectivity index (χ3n) is 4.37. The Morgan fingerprint density at radius 3 is 2.75 bits per heavy atom. The number of primary amides is 1. The van der Waals surface area contributed by atoms with Gasteiger partial charge in [-0.2, -0.15) is 15.6 Å². The molecular formula is C16H18N2O4S2. The monoisotopic (exact) mass is 366 g/mol. The summed E-state index contributed by atoms with van der Waals surface area (Å²) in [4.78, 5) is 11.3. The molecule has 8 heteroatoms. The highest BCUT2D eigenvalue weighted by Gasteiger charge is 2.39. The molecule has 24 heavy (non-hydrogen) atoms. The molecule has 1 saturated heterocycles. The van der Waals surface area contributed by atoms with Gasteiger partial charge in [0.15, 0.2) is 0 Å². The van der Waals surface area contributed by atoms with E-state index in [2.05, 4.69) is 0 Å². The van der Waals surface area contributed by atoms with Crippen molar-refractivity contribution in [2.75, 3.05) is 19.7 Å². The highest BCUT2D eigenvalue weighted by Crippen LogP contribution is 2.36. The fourth-order valence-electron chi connectivity index (χ4n) is 3.04. The minimum atomic E-state index is -3.74. The van der Waals surface area contributed by atoms with E-state index in [9.17, 15) is 18.3 Å². The van der Waals surface area contributed by atoms with Gasteiger partial charge < -0.3 is 10.8 Å². The largest absolute Gasteiger partial charge is 0.396 e. The van der Waals surface area contributed by atoms with Crippen molar-refractivity contribution in [1.82, 2.24) is 4.31 Å². The van der Waals surface area contributed by atoms with E-state index in [1.807, 2.05) is 16.8 Å². The molecule has 0 bridgehead atoms. The van der Waals surface area contributed by atoms with Crippen molar-refractivity contribution in [1.29, 1.82) is 0 Å². The maximum atomic E-state index is 12.9. The summed E-state index contributed by atoms with van der Waals surface area (Å²) in [6, 6.07) is 7.69. The second-order valence-corrected chi connectivity index (χ2v) is 8.54. The molecule has 2 aromatic rings. The summed E-state index contributed by atoms with van der Waals surface area (Å²) >= 11 is 1.55. The first-order valence-corrected chi connectivity index (χ1v) is 9.84. The number of thiophene rings is 1. The van der Waals surface area contributed by atoms with Crippen molar-refractivity contribution in [3.8, 4) is 0 Å². The standard InChI is InChI=1S/C16H18N2O4S2/c17-16(20)11-2-1-3-14(6-11)24(21,22)18-7-13(9-19)15(8-18)12-4-5-23-10-12/h1-6,10,13,15,19H,7-9H2,(H2,17,20)/t13-,15+/m0/s1. The van der Waals surface area contributed by atoms with Crippen LogP contribution in [-0.4, -0.2) is 43.4 Å². The Balaban J connectivity index is 1.91. The lowest BCUT2D eigenvalue weighted by atomic mass is 9.92. The first kappa shape index (κ1) is 17.1. The van der Waals surface area contributed by atoms with E-state index in [-0.39, 0.29) is 35.4 Å². The molecule has 6 nitrogen and oxygen atoms in total. The average molecular weight is 366 g/mol. The van der Waals surface area contributed by atoms with Crippen LogP contribution in [-0.2, 0) is 10.0 Å². The van der Waals surface area contributed by atoms with Crippen LogP contribution in [0.1, 0.15) is 21.8 Å². The van der Waals surface area contributed by atoms with Gasteiger partial charge in [0.25, 0.3) is 0 Å². The maximum Gasteiger partial charge on any atom is 0.248 e. The summed E-state index contributed by atoms with van der Waals surface area (Å²) in [5, 5.41) is 13.6. The van der Waals surface area contributed by atoms with Crippen LogP contribution in [0.25, 0.3) is 0 Å². The van der Waals surface area contributed by atoms with Gasteiger partial charge in [-0.15, -0.1) is 0 Å². The Kier molecular flexibility index (Phi) is 4.73. The molecule has 0 spiro atoms. The molecule has 1 aromatic carbocycles. The minimum absolute atomic E-state index is 0.0321. The Bertz CT molecular complexity index is 834. The fourth-order valence-corrected chi connectivity index (χ4v) is 5.33. The fraction of sp³-hybridized carbons (Fsp3) is 0.312. The van der Waals surface area contributed by atoms with E-state index in [1.54, 1.807) is 11.3 Å². The van der Waals surface area contributed by atoms with Gasteiger partial charge in [0.1, 0.15) is 0 Å². The number of rotatable bonds is 5. The number of nitrogens with two attached hydrogens (primary N) is 1. The highest BCUT2D eigenvalue weighted by molar-refractivity contribution is 7.89. The van der Waals surface area contributed by atoms with Crippen molar-refractivity contribution < 1.29 is 18.3 Å². The van der Waals surface area contributed by atoms with Gasteiger partial charge in [-0.25, -0.2) is 8.42 Å². The molecule has 128 valence electrons. The van der Waals surface area contributed by atoms with Crippen LogP contribution in [0.5, 0.6) is 0 Å². The number of sulfonamides is 1. The van der Waals surface area contributed by atoms with Crippen molar-refractivity contribution in [2.24, 2.45) is 11.7 Å². The van der Waals surface area contributed by atoms with Gasteiger partial charge in [0, 0.05) is 37.1 Å². The number of aliphatic hydroxyl groups excluding tert-OH is 1. The molecule has 1 fully saturated rings. The van der Waals surface area contributed by atoms with Crippen LogP contribution >= 0.6 is 11.3 Å². The first-order chi connectivity index (χ1) is 11.4. The van der Waals surface area contributed by atoms with E-state index in [1.165, 1.54) is 28.6 Å². The molecule has 0 saturated carbocycles. The number of amides is 1. The zero-order valence-electron chi connectivity index (χ0n) is 12.8. The second-order valence-electron chi connectivity index (χ2n) is 5.82. The zero-order chi connectivity index (χ0) is 17.3. The molecule has 1 aliphatic rings. The summed E-state index contributed by atoms with van der Waals surface area (Å²) in [5.41, 5.74) is 6.43. The predicted octanol–water partition coefficient (Wildman–Crippen LogP) is 1.24. The molecule has 2 heterocycles. The number of benzene rings is 1. The number of hydrogen-bond donors (Lipinski definition) is 2.